The van der Waals surface area contributed by atoms with Crippen LogP contribution in [0.3, 0.4) is 0 Å². The van der Waals surface area contributed by atoms with Crippen molar-refractivity contribution in [1.82, 2.24) is 15.0 Å². The number of carbonyl (C=O) groups excluding carboxylic acids is 1. The minimum atomic E-state index is -0.586. The highest BCUT2D eigenvalue weighted by Crippen LogP contribution is 2.18. The normalized spacial score (nSPS) is 11.0. The number of aromatic nitrogens is 2. The molecule has 0 unspecified atom stereocenters. The van der Waals surface area contributed by atoms with Crippen LogP contribution >= 0.6 is 12.2 Å². The SMILES string of the molecule is CCCCC(=O)NN=Cc1c(O)n(-c2ccc(C)cc2)c(=S)[nH]c1=O. The summed E-state index contributed by atoms with van der Waals surface area (Å²) in [5.74, 6) is -0.593. The number of hydrazone groups is 1. The first kappa shape index (κ1) is 18.6. The topological polar surface area (TPSA) is 99.5 Å². The van der Waals surface area contributed by atoms with E-state index in [0.717, 1.165) is 24.6 Å². The summed E-state index contributed by atoms with van der Waals surface area (Å²) in [5.41, 5.74) is 3.31. The number of aromatic amines is 1. The van der Waals surface area contributed by atoms with E-state index in [4.69, 9.17) is 12.2 Å². The summed E-state index contributed by atoms with van der Waals surface area (Å²) < 4.78 is 1.40. The smallest absolute Gasteiger partial charge is 0.264 e. The molecule has 7 nitrogen and oxygen atoms in total. The first-order valence-electron chi connectivity index (χ1n) is 7.91. The number of hydrogen-bond donors (Lipinski definition) is 3. The van der Waals surface area contributed by atoms with E-state index in [1.807, 2.05) is 26.0 Å². The molecule has 8 heteroatoms. The van der Waals surface area contributed by atoms with E-state index in [9.17, 15) is 14.7 Å². The van der Waals surface area contributed by atoms with Crippen LogP contribution in [0, 0.1) is 11.7 Å². The number of nitrogens with one attached hydrogen (secondary N) is 2. The van der Waals surface area contributed by atoms with Crippen LogP contribution < -0.4 is 11.0 Å². The molecule has 25 heavy (non-hydrogen) atoms. The second kappa shape index (κ2) is 8.39. The third-order valence-corrected chi connectivity index (χ3v) is 3.84. The van der Waals surface area contributed by atoms with Crippen LogP contribution in [0.4, 0.5) is 0 Å². The van der Waals surface area contributed by atoms with Crippen molar-refractivity contribution in [2.75, 3.05) is 0 Å². The molecule has 0 aliphatic heterocycles. The number of rotatable bonds is 6. The predicted octanol–water partition coefficient (Wildman–Crippen LogP) is 2.55. The van der Waals surface area contributed by atoms with Crippen LogP contribution in [0.1, 0.15) is 37.3 Å². The van der Waals surface area contributed by atoms with Gasteiger partial charge in [0.05, 0.1) is 11.9 Å². The summed E-state index contributed by atoms with van der Waals surface area (Å²) in [6.45, 7) is 3.92. The lowest BCUT2D eigenvalue weighted by Gasteiger charge is -2.11. The van der Waals surface area contributed by atoms with E-state index >= 15 is 0 Å². The number of aryl methyl sites for hydroxylation is 1. The average molecular weight is 360 g/mol. The fraction of sp³-hybridized carbons (Fsp3) is 0.294. The lowest BCUT2D eigenvalue weighted by Crippen LogP contribution is -2.21. The van der Waals surface area contributed by atoms with Crippen LogP contribution in [0.5, 0.6) is 5.88 Å². The molecule has 0 spiro atoms. The van der Waals surface area contributed by atoms with Gasteiger partial charge in [0, 0.05) is 6.42 Å². The highest BCUT2D eigenvalue weighted by molar-refractivity contribution is 7.71. The predicted molar refractivity (Wildman–Crippen MR) is 98.9 cm³/mol. The summed E-state index contributed by atoms with van der Waals surface area (Å²) in [7, 11) is 0. The van der Waals surface area contributed by atoms with Crippen molar-refractivity contribution in [1.29, 1.82) is 0 Å². The Morgan fingerprint density at radius 2 is 2.08 bits per heavy atom. The number of amides is 1. The van der Waals surface area contributed by atoms with E-state index < -0.39 is 5.56 Å². The number of hydrogen-bond acceptors (Lipinski definition) is 5. The summed E-state index contributed by atoms with van der Waals surface area (Å²) in [5, 5.41) is 14.2. The quantitative estimate of drug-likeness (QED) is 0.419. The Hall–Kier alpha value is -2.74. The van der Waals surface area contributed by atoms with Gasteiger partial charge in [-0.2, -0.15) is 5.10 Å². The van der Waals surface area contributed by atoms with Gasteiger partial charge in [-0.05, 0) is 37.7 Å². The Morgan fingerprint density at radius 1 is 1.40 bits per heavy atom. The molecule has 0 fully saturated rings. The van der Waals surface area contributed by atoms with E-state index in [-0.39, 0.29) is 22.1 Å². The molecule has 132 valence electrons. The van der Waals surface area contributed by atoms with E-state index in [1.54, 1.807) is 12.1 Å². The number of unbranched alkanes of at least 4 members (excludes halogenated alkanes) is 1. The number of benzene rings is 1. The zero-order valence-corrected chi connectivity index (χ0v) is 14.9. The van der Waals surface area contributed by atoms with Gasteiger partial charge < -0.3 is 5.11 Å². The monoisotopic (exact) mass is 360 g/mol. The molecule has 1 heterocycles. The number of nitrogens with zero attached hydrogens (tertiary/aromatic N) is 2. The maximum absolute atomic E-state index is 12.0. The summed E-state index contributed by atoms with van der Waals surface area (Å²) in [6.07, 6.45) is 3.11. The van der Waals surface area contributed by atoms with Gasteiger partial charge >= 0.3 is 0 Å². The van der Waals surface area contributed by atoms with Crippen LogP contribution in [-0.4, -0.2) is 26.8 Å². The number of carbonyl (C=O) groups is 1. The maximum atomic E-state index is 12.0. The lowest BCUT2D eigenvalue weighted by atomic mass is 10.2. The molecule has 0 aliphatic carbocycles. The minimum Gasteiger partial charge on any atom is -0.494 e. The van der Waals surface area contributed by atoms with Gasteiger partial charge in [-0.1, -0.05) is 31.0 Å². The van der Waals surface area contributed by atoms with Gasteiger partial charge in [-0.15, -0.1) is 0 Å². The van der Waals surface area contributed by atoms with Crippen molar-refractivity contribution in [2.45, 2.75) is 33.1 Å². The Kier molecular flexibility index (Phi) is 6.24. The fourth-order valence-corrected chi connectivity index (χ4v) is 2.43. The van der Waals surface area contributed by atoms with Gasteiger partial charge in [0.25, 0.3) is 5.56 Å². The van der Waals surface area contributed by atoms with Crippen LogP contribution in [0.2, 0.25) is 0 Å². The first-order chi connectivity index (χ1) is 11.9. The molecule has 1 amide bonds. The second-order valence-corrected chi connectivity index (χ2v) is 5.95. The fourth-order valence-electron chi connectivity index (χ4n) is 2.15. The Bertz CT molecular complexity index is 898. The van der Waals surface area contributed by atoms with Crippen LogP contribution in [-0.2, 0) is 4.79 Å². The number of aromatic hydroxyl groups is 1. The largest absolute Gasteiger partial charge is 0.494 e. The highest BCUT2D eigenvalue weighted by Gasteiger charge is 2.12. The Morgan fingerprint density at radius 3 is 2.72 bits per heavy atom. The van der Waals surface area contributed by atoms with Crippen molar-refractivity contribution < 1.29 is 9.90 Å². The van der Waals surface area contributed by atoms with E-state index in [0.29, 0.717) is 12.1 Å². The van der Waals surface area contributed by atoms with Crippen molar-refractivity contribution in [2.24, 2.45) is 5.10 Å². The molecule has 2 aromatic rings. The Balaban J connectivity index is 2.35. The van der Waals surface area contributed by atoms with Gasteiger partial charge in [-0.3, -0.25) is 19.1 Å². The third-order valence-electron chi connectivity index (χ3n) is 3.55. The summed E-state index contributed by atoms with van der Waals surface area (Å²) in [4.78, 5) is 26.1. The molecule has 0 saturated carbocycles. The molecule has 0 radical (unpaired) electrons. The van der Waals surface area contributed by atoms with Crippen molar-refractivity contribution in [3.8, 4) is 11.6 Å². The molecule has 1 aromatic heterocycles. The minimum absolute atomic E-state index is 0.0653. The van der Waals surface area contributed by atoms with Crippen molar-refractivity contribution in [3.63, 3.8) is 0 Å². The molecule has 1 aromatic carbocycles. The van der Waals surface area contributed by atoms with Gasteiger partial charge in [0.1, 0.15) is 5.56 Å². The average Bonchev–Trinajstić information content (AvgIpc) is 2.57. The van der Waals surface area contributed by atoms with Crippen molar-refractivity contribution >= 4 is 24.3 Å². The lowest BCUT2D eigenvalue weighted by molar-refractivity contribution is -0.121. The zero-order chi connectivity index (χ0) is 18.4. The van der Waals surface area contributed by atoms with Gasteiger partial charge in [-0.25, -0.2) is 5.43 Å². The molecule has 0 saturated heterocycles. The molecule has 2 rings (SSSR count). The molecule has 0 atom stereocenters. The highest BCUT2D eigenvalue weighted by atomic mass is 32.1. The number of H-pyrrole nitrogens is 1. The molecular formula is C17H20N4O3S. The van der Waals surface area contributed by atoms with Gasteiger partial charge in [0.2, 0.25) is 11.8 Å². The zero-order valence-electron chi connectivity index (χ0n) is 14.1. The van der Waals surface area contributed by atoms with Gasteiger partial charge in [0.15, 0.2) is 4.77 Å². The standard InChI is InChI=1S/C17H20N4O3S/c1-3-4-5-14(22)20-18-10-13-15(23)19-17(25)21(16(13)24)12-8-6-11(2)7-9-12/h6-10,24H,3-5H2,1-2H3,(H,20,22)(H,19,23,25). The first-order valence-corrected chi connectivity index (χ1v) is 8.32. The maximum Gasteiger partial charge on any atom is 0.264 e. The Labute approximate surface area is 150 Å². The summed E-state index contributed by atoms with van der Waals surface area (Å²) in [6, 6.07) is 7.28. The van der Waals surface area contributed by atoms with Crippen LogP contribution in [0.15, 0.2) is 34.2 Å². The molecule has 0 bridgehead atoms. The molecular weight excluding hydrogens is 340 g/mol. The van der Waals surface area contributed by atoms with Crippen molar-refractivity contribution in [3.05, 3.63) is 50.5 Å². The summed E-state index contributed by atoms with van der Waals surface area (Å²) >= 11 is 5.14. The molecule has 0 aliphatic rings. The van der Waals surface area contributed by atoms with E-state index in [1.165, 1.54) is 4.57 Å². The van der Waals surface area contributed by atoms with E-state index in [2.05, 4.69) is 15.5 Å². The molecule has 3 N–H and O–H groups in total. The van der Waals surface area contributed by atoms with Crippen LogP contribution in [0.25, 0.3) is 5.69 Å². The second-order valence-electron chi connectivity index (χ2n) is 5.56. The third kappa shape index (κ3) is 4.63.